The highest BCUT2D eigenvalue weighted by Gasteiger charge is 2.28. The molecule has 28 heavy (non-hydrogen) atoms. The molecule has 0 spiro atoms. The molecule has 7 heteroatoms. The van der Waals surface area contributed by atoms with Gasteiger partial charge in [-0.2, -0.15) is 0 Å². The minimum atomic E-state index is -0.244. The molecule has 1 aromatic heterocycles. The van der Waals surface area contributed by atoms with Gasteiger partial charge in [0.25, 0.3) is 0 Å². The Hall–Kier alpha value is -2.93. The number of carbonyl (C=O) groups excluding carboxylic acids is 2. The molecule has 1 aliphatic heterocycles. The van der Waals surface area contributed by atoms with Crippen LogP contribution in [0.25, 0.3) is 0 Å². The van der Waals surface area contributed by atoms with Crippen molar-refractivity contribution in [2.24, 2.45) is 5.92 Å². The van der Waals surface area contributed by atoms with Crippen LogP contribution in [0.4, 0.5) is 5.69 Å². The van der Waals surface area contributed by atoms with Crippen molar-refractivity contribution in [1.29, 1.82) is 0 Å². The number of hydrogen-bond acceptors (Lipinski definition) is 5. The summed E-state index contributed by atoms with van der Waals surface area (Å²) in [5.74, 6) is 0.822. The number of para-hydroxylation sites is 2. The van der Waals surface area contributed by atoms with E-state index in [0.717, 1.165) is 12.8 Å². The SMILES string of the molecule is COCCC(=O)N1CCC[C@H](C(=O)Nc2ccccc2Oc2cccnc2)C1. The van der Waals surface area contributed by atoms with Crippen molar-refractivity contribution < 1.29 is 19.1 Å². The predicted molar refractivity (Wildman–Crippen MR) is 105 cm³/mol. The van der Waals surface area contributed by atoms with E-state index in [-0.39, 0.29) is 17.7 Å². The lowest BCUT2D eigenvalue weighted by Gasteiger charge is -2.32. The van der Waals surface area contributed by atoms with Gasteiger partial charge in [-0.05, 0) is 37.1 Å². The zero-order chi connectivity index (χ0) is 19.8. The highest BCUT2D eigenvalue weighted by Crippen LogP contribution is 2.30. The largest absolute Gasteiger partial charge is 0.454 e. The van der Waals surface area contributed by atoms with Gasteiger partial charge in [0.1, 0.15) is 5.75 Å². The molecule has 1 N–H and O–H groups in total. The third-order valence-corrected chi connectivity index (χ3v) is 4.67. The fourth-order valence-electron chi connectivity index (χ4n) is 3.19. The topological polar surface area (TPSA) is 80.8 Å². The third-order valence-electron chi connectivity index (χ3n) is 4.67. The summed E-state index contributed by atoms with van der Waals surface area (Å²) < 4.78 is 10.8. The van der Waals surface area contributed by atoms with Crippen molar-refractivity contribution in [3.63, 3.8) is 0 Å². The first-order valence-electron chi connectivity index (χ1n) is 9.42. The summed E-state index contributed by atoms with van der Waals surface area (Å²) in [7, 11) is 1.57. The zero-order valence-electron chi connectivity index (χ0n) is 16.0. The van der Waals surface area contributed by atoms with E-state index in [1.165, 1.54) is 0 Å². The molecular formula is C21H25N3O4. The minimum absolute atomic E-state index is 0.0275. The monoisotopic (exact) mass is 383 g/mol. The number of ether oxygens (including phenoxy) is 2. The van der Waals surface area contributed by atoms with Gasteiger partial charge in [0.15, 0.2) is 5.75 Å². The number of rotatable bonds is 7. The summed E-state index contributed by atoms with van der Waals surface area (Å²) in [5.41, 5.74) is 0.596. The molecule has 3 rings (SSSR count). The molecule has 1 aliphatic rings. The van der Waals surface area contributed by atoms with Gasteiger partial charge in [0, 0.05) is 26.4 Å². The van der Waals surface area contributed by atoms with E-state index in [1.54, 1.807) is 48.7 Å². The van der Waals surface area contributed by atoms with Crippen LogP contribution < -0.4 is 10.1 Å². The number of nitrogens with zero attached hydrogens (tertiary/aromatic N) is 2. The van der Waals surface area contributed by atoms with Gasteiger partial charge in [-0.1, -0.05) is 12.1 Å². The number of anilines is 1. The van der Waals surface area contributed by atoms with E-state index in [2.05, 4.69) is 10.3 Å². The minimum Gasteiger partial charge on any atom is -0.454 e. The van der Waals surface area contributed by atoms with E-state index in [4.69, 9.17) is 9.47 Å². The Morgan fingerprint density at radius 3 is 2.89 bits per heavy atom. The lowest BCUT2D eigenvalue weighted by atomic mass is 9.96. The molecular weight excluding hydrogens is 358 g/mol. The second-order valence-electron chi connectivity index (χ2n) is 6.70. The van der Waals surface area contributed by atoms with Gasteiger partial charge >= 0.3 is 0 Å². The van der Waals surface area contributed by atoms with Crippen LogP contribution in [-0.4, -0.2) is 48.5 Å². The molecule has 148 valence electrons. The number of piperidine rings is 1. The molecule has 0 radical (unpaired) electrons. The van der Waals surface area contributed by atoms with E-state index in [1.807, 2.05) is 12.1 Å². The van der Waals surface area contributed by atoms with Gasteiger partial charge < -0.3 is 19.7 Å². The Balaban J connectivity index is 1.63. The number of hydrogen-bond donors (Lipinski definition) is 1. The van der Waals surface area contributed by atoms with Gasteiger partial charge in [-0.25, -0.2) is 0 Å². The van der Waals surface area contributed by atoms with Crippen LogP contribution >= 0.6 is 0 Å². The first-order valence-corrected chi connectivity index (χ1v) is 9.42. The molecule has 1 fully saturated rings. The van der Waals surface area contributed by atoms with Crippen LogP contribution in [0.1, 0.15) is 19.3 Å². The fraction of sp³-hybridized carbons (Fsp3) is 0.381. The summed E-state index contributed by atoms with van der Waals surface area (Å²) in [4.78, 5) is 30.8. The quantitative estimate of drug-likeness (QED) is 0.795. The molecule has 0 saturated carbocycles. The van der Waals surface area contributed by atoms with Crippen LogP contribution in [0, 0.1) is 5.92 Å². The van der Waals surface area contributed by atoms with Crippen molar-refractivity contribution in [3.05, 3.63) is 48.8 Å². The molecule has 2 amide bonds. The van der Waals surface area contributed by atoms with E-state index in [0.29, 0.717) is 43.3 Å². The standard InChI is InChI=1S/C21H25N3O4/c1-27-13-10-20(25)24-12-5-6-16(15-24)21(26)23-18-8-2-3-9-19(18)28-17-7-4-11-22-14-17/h2-4,7-9,11,14,16H,5-6,10,12-13,15H2,1H3,(H,23,26)/t16-/m0/s1. The van der Waals surface area contributed by atoms with Crippen molar-refractivity contribution in [2.75, 3.05) is 32.1 Å². The number of aromatic nitrogens is 1. The second-order valence-corrected chi connectivity index (χ2v) is 6.70. The summed E-state index contributed by atoms with van der Waals surface area (Å²) in [6.07, 6.45) is 5.19. The van der Waals surface area contributed by atoms with E-state index >= 15 is 0 Å². The number of likely N-dealkylation sites (tertiary alicyclic amines) is 1. The van der Waals surface area contributed by atoms with Crippen molar-refractivity contribution in [1.82, 2.24) is 9.88 Å². The van der Waals surface area contributed by atoms with Gasteiger partial charge in [-0.15, -0.1) is 0 Å². The van der Waals surface area contributed by atoms with E-state index in [9.17, 15) is 9.59 Å². The number of carbonyl (C=O) groups is 2. The van der Waals surface area contributed by atoms with E-state index < -0.39 is 0 Å². The number of benzene rings is 1. The van der Waals surface area contributed by atoms with Gasteiger partial charge in [0.2, 0.25) is 11.8 Å². The number of methoxy groups -OCH3 is 1. The van der Waals surface area contributed by atoms with Crippen LogP contribution in [0.5, 0.6) is 11.5 Å². The summed E-state index contributed by atoms with van der Waals surface area (Å²) >= 11 is 0. The second kappa shape index (κ2) is 9.85. The first-order chi connectivity index (χ1) is 13.7. The Kier molecular flexibility index (Phi) is 6.97. The molecule has 0 unspecified atom stereocenters. The van der Waals surface area contributed by atoms with Crippen molar-refractivity contribution >= 4 is 17.5 Å². The molecule has 1 atom stereocenters. The number of pyridine rings is 1. The van der Waals surface area contributed by atoms with Gasteiger partial charge in [0.05, 0.1) is 30.8 Å². The average molecular weight is 383 g/mol. The zero-order valence-corrected chi connectivity index (χ0v) is 16.0. The Morgan fingerprint density at radius 2 is 2.11 bits per heavy atom. The van der Waals surface area contributed by atoms with Crippen LogP contribution in [-0.2, 0) is 14.3 Å². The average Bonchev–Trinajstić information content (AvgIpc) is 2.74. The summed E-state index contributed by atoms with van der Waals surface area (Å²) in [6, 6.07) is 10.9. The number of nitrogens with one attached hydrogen (secondary N) is 1. The van der Waals surface area contributed by atoms with Crippen LogP contribution in [0.15, 0.2) is 48.8 Å². The highest BCUT2D eigenvalue weighted by molar-refractivity contribution is 5.94. The lowest BCUT2D eigenvalue weighted by Crippen LogP contribution is -2.44. The van der Waals surface area contributed by atoms with Crippen LogP contribution in [0.2, 0.25) is 0 Å². The van der Waals surface area contributed by atoms with Gasteiger partial charge in [-0.3, -0.25) is 14.6 Å². The third kappa shape index (κ3) is 5.29. The predicted octanol–water partition coefficient (Wildman–Crippen LogP) is 3.09. The smallest absolute Gasteiger partial charge is 0.229 e. The first kappa shape index (κ1) is 19.8. The Bertz CT molecular complexity index is 797. The summed E-state index contributed by atoms with van der Waals surface area (Å²) in [5, 5.41) is 2.96. The normalized spacial score (nSPS) is 16.5. The lowest BCUT2D eigenvalue weighted by molar-refractivity contribution is -0.135. The maximum Gasteiger partial charge on any atom is 0.229 e. The molecule has 0 bridgehead atoms. The fourth-order valence-corrected chi connectivity index (χ4v) is 3.19. The maximum atomic E-state index is 12.8. The van der Waals surface area contributed by atoms with Crippen molar-refractivity contribution in [3.8, 4) is 11.5 Å². The molecule has 0 aliphatic carbocycles. The molecule has 7 nitrogen and oxygen atoms in total. The molecule has 2 aromatic rings. The molecule has 2 heterocycles. The molecule has 1 saturated heterocycles. The highest BCUT2D eigenvalue weighted by atomic mass is 16.5. The Morgan fingerprint density at radius 1 is 1.25 bits per heavy atom. The summed E-state index contributed by atoms with van der Waals surface area (Å²) in [6.45, 7) is 1.51. The molecule has 1 aromatic carbocycles. The Labute approximate surface area is 164 Å². The van der Waals surface area contributed by atoms with Crippen molar-refractivity contribution in [2.45, 2.75) is 19.3 Å². The number of amides is 2. The maximum absolute atomic E-state index is 12.8. The van der Waals surface area contributed by atoms with Crippen LogP contribution in [0.3, 0.4) is 0 Å².